The average Bonchev–Trinajstić information content (AvgIpc) is 3.40. The van der Waals surface area contributed by atoms with E-state index in [1.54, 1.807) is 36.4 Å². The molecule has 0 saturated carbocycles. The molecule has 2 aromatic heterocycles. The quantitative estimate of drug-likeness (QED) is 0.261. The smallest absolute Gasteiger partial charge is 0.323 e. The minimum atomic E-state index is -0.396. The molecule has 2 aromatic carbocycles. The maximum atomic E-state index is 12.6. The lowest BCUT2D eigenvalue weighted by Gasteiger charge is -2.28. The van der Waals surface area contributed by atoms with E-state index in [2.05, 4.69) is 38.1 Å². The van der Waals surface area contributed by atoms with Gasteiger partial charge in [-0.25, -0.2) is 19.4 Å². The second-order valence-corrected chi connectivity index (χ2v) is 10.2. The number of benzene rings is 2. The minimum absolute atomic E-state index is 0.154. The summed E-state index contributed by atoms with van der Waals surface area (Å²) in [4.78, 5) is 38.7. The number of hydrogen-bond donors (Lipinski definition) is 3. The Morgan fingerprint density at radius 3 is 2.26 bits per heavy atom. The molecule has 3 amide bonds. The molecule has 5 rings (SSSR count). The number of rotatable bonds is 10. The van der Waals surface area contributed by atoms with Gasteiger partial charge in [-0.05, 0) is 69.0 Å². The van der Waals surface area contributed by atoms with E-state index in [-0.39, 0.29) is 5.91 Å². The topological polar surface area (TPSA) is 142 Å². The first-order valence-electron chi connectivity index (χ1n) is 14.1. The number of nitrogens with zero attached hydrogens (tertiary/aromatic N) is 7. The summed E-state index contributed by atoms with van der Waals surface area (Å²) in [6.07, 6.45) is 0.906. The van der Waals surface area contributed by atoms with Gasteiger partial charge in [0.25, 0.3) is 5.91 Å². The number of amides is 3. The molecule has 3 heterocycles. The van der Waals surface area contributed by atoms with Crippen LogP contribution in [0.1, 0.15) is 23.7 Å². The highest BCUT2D eigenvalue weighted by Crippen LogP contribution is 2.27. The SMILES string of the molecule is CCCn1nnc2c(N3CCOCC3)nc(-c3ccc(NC(=O)Nc4ccc(C(=O)NCCN(C)C)cc4)cc3)nc21. The summed E-state index contributed by atoms with van der Waals surface area (Å²) in [5.74, 6) is 1.16. The molecule has 220 valence electrons. The second kappa shape index (κ2) is 13.4. The summed E-state index contributed by atoms with van der Waals surface area (Å²) in [6, 6.07) is 13.7. The van der Waals surface area contributed by atoms with Crippen molar-refractivity contribution < 1.29 is 14.3 Å². The van der Waals surface area contributed by atoms with Crippen LogP contribution in [0.5, 0.6) is 0 Å². The molecule has 3 N–H and O–H groups in total. The lowest BCUT2D eigenvalue weighted by Crippen LogP contribution is -2.37. The Bertz CT molecular complexity index is 1510. The van der Waals surface area contributed by atoms with Gasteiger partial charge in [0.05, 0.1) is 13.2 Å². The fourth-order valence-corrected chi connectivity index (χ4v) is 4.53. The zero-order chi connectivity index (χ0) is 29.5. The molecule has 0 spiro atoms. The van der Waals surface area contributed by atoms with Crippen LogP contribution in [0.15, 0.2) is 48.5 Å². The first-order chi connectivity index (χ1) is 20.4. The number of likely N-dealkylation sites (N-methyl/N-ethyl adjacent to an activating group) is 1. The maximum absolute atomic E-state index is 12.6. The number of aryl methyl sites for hydroxylation is 1. The van der Waals surface area contributed by atoms with Crippen molar-refractivity contribution in [2.45, 2.75) is 19.9 Å². The second-order valence-electron chi connectivity index (χ2n) is 10.2. The van der Waals surface area contributed by atoms with E-state index in [4.69, 9.17) is 14.7 Å². The molecule has 0 radical (unpaired) electrons. The van der Waals surface area contributed by atoms with Crippen molar-refractivity contribution in [2.24, 2.45) is 0 Å². The number of carbonyl (C=O) groups excluding carboxylic acids is 2. The normalized spacial score (nSPS) is 13.4. The summed E-state index contributed by atoms with van der Waals surface area (Å²) >= 11 is 0. The highest BCUT2D eigenvalue weighted by atomic mass is 16.5. The Labute approximate surface area is 244 Å². The van der Waals surface area contributed by atoms with Crippen molar-refractivity contribution in [2.75, 3.05) is 69.0 Å². The van der Waals surface area contributed by atoms with Crippen molar-refractivity contribution in [1.82, 2.24) is 35.2 Å². The van der Waals surface area contributed by atoms with Crippen LogP contribution in [0.25, 0.3) is 22.6 Å². The summed E-state index contributed by atoms with van der Waals surface area (Å²) in [6.45, 7) is 6.80. The van der Waals surface area contributed by atoms with Crippen molar-refractivity contribution in [3.05, 3.63) is 54.1 Å². The van der Waals surface area contributed by atoms with Gasteiger partial charge in [0.2, 0.25) is 0 Å². The Balaban J connectivity index is 1.25. The van der Waals surface area contributed by atoms with Crippen LogP contribution >= 0.6 is 0 Å². The molecule has 1 aliphatic heterocycles. The lowest BCUT2D eigenvalue weighted by atomic mass is 10.2. The summed E-state index contributed by atoms with van der Waals surface area (Å²) in [7, 11) is 3.90. The number of morpholine rings is 1. The number of nitrogens with one attached hydrogen (secondary N) is 3. The van der Waals surface area contributed by atoms with E-state index in [1.165, 1.54) is 0 Å². The van der Waals surface area contributed by atoms with Gasteiger partial charge in [0, 0.05) is 55.2 Å². The number of ether oxygens (including phenoxy) is 1. The number of aromatic nitrogens is 5. The molecule has 13 heteroatoms. The van der Waals surface area contributed by atoms with E-state index in [0.29, 0.717) is 60.2 Å². The van der Waals surface area contributed by atoms with Crippen LogP contribution in [-0.4, -0.2) is 95.3 Å². The van der Waals surface area contributed by atoms with Crippen molar-refractivity contribution in [1.29, 1.82) is 0 Å². The predicted octanol–water partition coefficient (Wildman–Crippen LogP) is 3.07. The zero-order valence-electron chi connectivity index (χ0n) is 24.1. The standard InChI is InChI=1S/C29H36N10O3/c1-4-14-39-27-24(35-36-39)26(38-16-18-42-19-17-38)33-25(34-27)20-5-9-22(10-6-20)31-29(41)32-23-11-7-21(8-12-23)28(40)30-13-15-37(2)3/h5-12H,4,13-19H2,1-3H3,(H,30,40)(H2,31,32,41). The number of fused-ring (bicyclic) bond motifs is 1. The van der Waals surface area contributed by atoms with Gasteiger partial charge in [-0.2, -0.15) is 0 Å². The predicted molar refractivity (Wildman–Crippen MR) is 162 cm³/mol. The maximum Gasteiger partial charge on any atom is 0.323 e. The van der Waals surface area contributed by atoms with E-state index in [9.17, 15) is 9.59 Å². The highest BCUT2D eigenvalue weighted by molar-refractivity contribution is 6.00. The van der Waals surface area contributed by atoms with Crippen molar-refractivity contribution in [3.63, 3.8) is 0 Å². The molecule has 42 heavy (non-hydrogen) atoms. The molecular weight excluding hydrogens is 536 g/mol. The van der Waals surface area contributed by atoms with Gasteiger partial charge in [0.1, 0.15) is 0 Å². The monoisotopic (exact) mass is 572 g/mol. The Hall–Kier alpha value is -4.62. The van der Waals surface area contributed by atoms with Crippen LogP contribution in [-0.2, 0) is 11.3 Å². The molecule has 0 aliphatic carbocycles. The number of anilines is 3. The number of urea groups is 1. The lowest BCUT2D eigenvalue weighted by molar-refractivity contribution is 0.0951. The van der Waals surface area contributed by atoms with Gasteiger partial charge in [-0.1, -0.05) is 12.1 Å². The number of carbonyl (C=O) groups is 2. The molecule has 1 saturated heterocycles. The summed E-state index contributed by atoms with van der Waals surface area (Å²) < 4.78 is 7.34. The molecule has 0 atom stereocenters. The zero-order valence-corrected chi connectivity index (χ0v) is 24.1. The first kappa shape index (κ1) is 28.9. The van der Waals surface area contributed by atoms with E-state index >= 15 is 0 Å². The third kappa shape index (κ3) is 6.98. The van der Waals surface area contributed by atoms with Crippen LogP contribution in [0, 0.1) is 0 Å². The Morgan fingerprint density at radius 2 is 1.62 bits per heavy atom. The first-order valence-corrected chi connectivity index (χ1v) is 14.1. The summed E-state index contributed by atoms with van der Waals surface area (Å²) in [5.41, 5.74) is 3.90. The fourth-order valence-electron chi connectivity index (χ4n) is 4.53. The Morgan fingerprint density at radius 1 is 0.952 bits per heavy atom. The molecular formula is C29H36N10O3. The van der Waals surface area contributed by atoms with Crippen LogP contribution in [0.3, 0.4) is 0 Å². The molecule has 0 bridgehead atoms. The van der Waals surface area contributed by atoms with E-state index in [0.717, 1.165) is 37.4 Å². The molecule has 13 nitrogen and oxygen atoms in total. The molecule has 4 aromatic rings. The van der Waals surface area contributed by atoms with Crippen molar-refractivity contribution in [3.8, 4) is 11.4 Å². The minimum Gasteiger partial charge on any atom is -0.378 e. The van der Waals surface area contributed by atoms with Crippen LogP contribution < -0.4 is 20.9 Å². The van der Waals surface area contributed by atoms with Crippen molar-refractivity contribution >= 4 is 40.3 Å². The third-order valence-electron chi connectivity index (χ3n) is 6.74. The molecule has 0 unspecified atom stereocenters. The average molecular weight is 573 g/mol. The van der Waals surface area contributed by atoms with Gasteiger partial charge in [0.15, 0.2) is 22.8 Å². The van der Waals surface area contributed by atoms with Gasteiger partial charge >= 0.3 is 6.03 Å². The largest absolute Gasteiger partial charge is 0.378 e. The van der Waals surface area contributed by atoms with Gasteiger partial charge < -0.3 is 30.5 Å². The van der Waals surface area contributed by atoms with Gasteiger partial charge in [-0.3, -0.25) is 4.79 Å². The Kier molecular flexibility index (Phi) is 9.19. The van der Waals surface area contributed by atoms with E-state index < -0.39 is 6.03 Å². The van der Waals surface area contributed by atoms with Gasteiger partial charge in [-0.15, -0.1) is 5.10 Å². The molecule has 1 fully saturated rings. The summed E-state index contributed by atoms with van der Waals surface area (Å²) in [5, 5.41) is 17.2. The fraction of sp³-hybridized carbons (Fsp3) is 0.379. The van der Waals surface area contributed by atoms with Crippen LogP contribution in [0.2, 0.25) is 0 Å². The van der Waals surface area contributed by atoms with E-state index in [1.807, 2.05) is 35.8 Å². The molecule has 1 aliphatic rings. The van der Waals surface area contributed by atoms with Crippen LogP contribution in [0.4, 0.5) is 22.0 Å². The highest BCUT2D eigenvalue weighted by Gasteiger charge is 2.22. The third-order valence-corrected chi connectivity index (χ3v) is 6.74. The number of hydrogen-bond acceptors (Lipinski definition) is 9.